The van der Waals surface area contributed by atoms with Crippen molar-refractivity contribution in [3.05, 3.63) is 21.6 Å². The molecule has 2 rings (SSSR count). The van der Waals surface area contributed by atoms with Crippen LogP contribution < -0.4 is 17.0 Å². The number of primary amides is 1. The second-order valence-electron chi connectivity index (χ2n) is 5.03. The average Bonchev–Trinajstić information content (AvgIpc) is 2.53. The van der Waals surface area contributed by atoms with Gasteiger partial charge in [-0.2, -0.15) is 4.52 Å². The Hall–Kier alpha value is -2.38. The van der Waals surface area contributed by atoms with Crippen molar-refractivity contribution >= 4 is 17.4 Å². The summed E-state index contributed by atoms with van der Waals surface area (Å²) >= 11 is 0. The molecule has 0 aliphatic heterocycles. The van der Waals surface area contributed by atoms with Gasteiger partial charge in [0.05, 0.1) is 0 Å². The Morgan fingerprint density at radius 3 is 2.44 bits per heavy atom. The van der Waals surface area contributed by atoms with Crippen molar-refractivity contribution < 1.29 is 4.79 Å². The van der Waals surface area contributed by atoms with Gasteiger partial charge in [0.15, 0.2) is 5.65 Å². The Bertz CT molecular complexity index is 691. The van der Waals surface area contributed by atoms with Gasteiger partial charge in [-0.05, 0) is 0 Å². The number of aromatic nitrogens is 4. The number of carbonyl (C=O) groups is 1. The summed E-state index contributed by atoms with van der Waals surface area (Å²) in [5.74, 6) is -0.761. The fraction of sp³-hybridized carbons (Fsp3) is 0.400. The molecule has 2 aromatic rings. The van der Waals surface area contributed by atoms with Gasteiger partial charge in [-0.1, -0.05) is 20.8 Å². The summed E-state index contributed by atoms with van der Waals surface area (Å²) in [4.78, 5) is 23.4. The first-order chi connectivity index (χ1) is 8.23. The van der Waals surface area contributed by atoms with E-state index in [4.69, 9.17) is 11.5 Å². The van der Waals surface area contributed by atoms with Crippen LogP contribution in [0.4, 0.5) is 5.82 Å². The fourth-order valence-corrected chi connectivity index (χ4v) is 1.66. The first-order valence-corrected chi connectivity index (χ1v) is 5.30. The Morgan fingerprint density at radius 2 is 1.94 bits per heavy atom. The number of amides is 1. The normalized spacial score (nSPS) is 11.9. The highest BCUT2D eigenvalue weighted by atomic mass is 16.1. The number of hydrogen-bond acceptors (Lipinski definition) is 5. The van der Waals surface area contributed by atoms with Crippen LogP contribution >= 0.6 is 0 Å². The first kappa shape index (κ1) is 12.1. The number of rotatable bonds is 1. The highest BCUT2D eigenvalue weighted by Gasteiger charge is 2.25. The molecule has 0 saturated carbocycles. The number of carbonyl (C=O) groups excluding carboxylic acids is 1. The lowest BCUT2D eigenvalue weighted by atomic mass is 9.93. The number of aromatic amines is 1. The number of nitrogens with one attached hydrogen (secondary N) is 1. The highest BCUT2D eigenvalue weighted by molar-refractivity contribution is 6.03. The summed E-state index contributed by atoms with van der Waals surface area (Å²) in [6.45, 7) is 5.52. The van der Waals surface area contributed by atoms with Crippen LogP contribution in [0.1, 0.15) is 36.8 Å². The summed E-state index contributed by atoms with van der Waals surface area (Å²) in [7, 11) is 0. The fourth-order valence-electron chi connectivity index (χ4n) is 1.66. The van der Waals surface area contributed by atoms with Crippen molar-refractivity contribution in [2.45, 2.75) is 26.2 Å². The zero-order valence-electron chi connectivity index (χ0n) is 10.3. The van der Waals surface area contributed by atoms with Gasteiger partial charge >= 0.3 is 0 Å². The molecule has 0 aliphatic rings. The van der Waals surface area contributed by atoms with Crippen molar-refractivity contribution in [3.8, 4) is 0 Å². The molecular formula is C10H14N6O2. The molecule has 8 nitrogen and oxygen atoms in total. The minimum absolute atomic E-state index is 0.0000378. The molecule has 2 aromatic heterocycles. The van der Waals surface area contributed by atoms with Crippen LogP contribution in [0.3, 0.4) is 0 Å². The lowest BCUT2D eigenvalue weighted by molar-refractivity contribution is 0.100. The smallest absolute Gasteiger partial charge is 0.295 e. The van der Waals surface area contributed by atoms with E-state index in [1.165, 1.54) is 0 Å². The van der Waals surface area contributed by atoms with Gasteiger partial charge in [0, 0.05) is 5.41 Å². The highest BCUT2D eigenvalue weighted by Crippen LogP contribution is 2.18. The van der Waals surface area contributed by atoms with Crippen LogP contribution in [0.15, 0.2) is 4.79 Å². The molecule has 0 spiro atoms. The van der Waals surface area contributed by atoms with E-state index >= 15 is 0 Å². The average molecular weight is 250 g/mol. The van der Waals surface area contributed by atoms with Crippen LogP contribution in [0.2, 0.25) is 0 Å². The molecule has 1 amide bonds. The van der Waals surface area contributed by atoms with E-state index < -0.39 is 16.9 Å². The van der Waals surface area contributed by atoms with Gasteiger partial charge in [0.25, 0.3) is 11.5 Å². The predicted octanol–water partition coefficient (Wildman–Crippen LogP) is -0.604. The molecule has 0 saturated heterocycles. The maximum absolute atomic E-state index is 12.2. The first-order valence-electron chi connectivity index (χ1n) is 5.30. The minimum Gasteiger partial charge on any atom is -0.383 e. The molecule has 5 N–H and O–H groups in total. The maximum atomic E-state index is 12.2. The number of fused-ring (bicyclic) bond motifs is 1. The van der Waals surface area contributed by atoms with Crippen molar-refractivity contribution in [1.29, 1.82) is 0 Å². The van der Waals surface area contributed by atoms with Crippen LogP contribution in [0, 0.1) is 0 Å². The molecule has 0 aliphatic carbocycles. The van der Waals surface area contributed by atoms with Gasteiger partial charge in [-0.15, -0.1) is 10.2 Å². The Morgan fingerprint density at radius 1 is 1.33 bits per heavy atom. The van der Waals surface area contributed by atoms with Gasteiger partial charge in [0.1, 0.15) is 17.1 Å². The molecule has 96 valence electrons. The van der Waals surface area contributed by atoms with Crippen LogP contribution in [0.5, 0.6) is 0 Å². The number of nitrogens with zero attached hydrogens (tertiary/aromatic N) is 3. The molecule has 0 atom stereocenters. The van der Waals surface area contributed by atoms with E-state index in [1.807, 2.05) is 20.8 Å². The molecule has 0 aromatic carbocycles. The quantitative estimate of drug-likeness (QED) is 0.621. The van der Waals surface area contributed by atoms with Crippen LogP contribution in [-0.4, -0.2) is 25.7 Å². The molecule has 0 bridgehead atoms. The molecule has 0 radical (unpaired) electrons. The van der Waals surface area contributed by atoms with Gasteiger partial charge in [-0.25, -0.2) is 0 Å². The number of nitrogens with two attached hydrogens (primary N) is 2. The molecule has 0 unspecified atom stereocenters. The zero-order chi connectivity index (χ0) is 13.7. The van der Waals surface area contributed by atoms with Crippen LogP contribution in [-0.2, 0) is 5.41 Å². The van der Waals surface area contributed by atoms with E-state index in [1.54, 1.807) is 0 Å². The summed E-state index contributed by atoms with van der Waals surface area (Å²) in [5, 5.41) is 10.3. The summed E-state index contributed by atoms with van der Waals surface area (Å²) < 4.78 is 1.09. The molecule has 0 fully saturated rings. The van der Waals surface area contributed by atoms with E-state index in [0.29, 0.717) is 0 Å². The van der Waals surface area contributed by atoms with E-state index in [0.717, 1.165) is 4.52 Å². The second kappa shape index (κ2) is 3.56. The van der Waals surface area contributed by atoms with Crippen molar-refractivity contribution in [3.63, 3.8) is 0 Å². The van der Waals surface area contributed by atoms with E-state index in [9.17, 15) is 9.59 Å². The summed E-state index contributed by atoms with van der Waals surface area (Å²) in [5.41, 5.74) is 10.2. The lowest BCUT2D eigenvalue weighted by Crippen LogP contribution is -2.30. The Kier molecular flexibility index (Phi) is 2.39. The third-order valence-electron chi connectivity index (χ3n) is 2.54. The van der Waals surface area contributed by atoms with Crippen molar-refractivity contribution in [2.75, 3.05) is 5.73 Å². The number of nitrogen functional groups attached to an aromatic ring is 1. The summed E-state index contributed by atoms with van der Waals surface area (Å²) in [6, 6.07) is 0. The largest absolute Gasteiger partial charge is 0.383 e. The Balaban J connectivity index is 2.87. The van der Waals surface area contributed by atoms with Crippen molar-refractivity contribution in [1.82, 2.24) is 19.8 Å². The maximum Gasteiger partial charge on any atom is 0.295 e. The van der Waals surface area contributed by atoms with E-state index in [2.05, 4.69) is 15.3 Å². The van der Waals surface area contributed by atoms with Gasteiger partial charge in [-0.3, -0.25) is 14.7 Å². The number of hydrogen-bond donors (Lipinski definition) is 3. The molecular weight excluding hydrogens is 236 g/mol. The van der Waals surface area contributed by atoms with Crippen LogP contribution in [0.25, 0.3) is 5.65 Å². The lowest BCUT2D eigenvalue weighted by Gasteiger charge is -2.15. The van der Waals surface area contributed by atoms with Crippen molar-refractivity contribution in [2.24, 2.45) is 5.73 Å². The SMILES string of the molecule is CC(C)(C)c1nnc2c(C(N)=O)c(N)[nH]n2c1=O. The molecule has 8 heteroatoms. The van der Waals surface area contributed by atoms with E-state index in [-0.39, 0.29) is 22.7 Å². The van der Waals surface area contributed by atoms with Gasteiger partial charge in [0.2, 0.25) is 0 Å². The second-order valence-corrected chi connectivity index (χ2v) is 5.03. The number of anilines is 1. The minimum atomic E-state index is -0.761. The summed E-state index contributed by atoms with van der Waals surface area (Å²) in [6.07, 6.45) is 0. The third kappa shape index (κ3) is 1.62. The monoisotopic (exact) mass is 250 g/mol. The van der Waals surface area contributed by atoms with Gasteiger partial charge < -0.3 is 11.5 Å². The third-order valence-corrected chi connectivity index (χ3v) is 2.54. The zero-order valence-corrected chi connectivity index (χ0v) is 10.3. The standard InChI is InChI=1S/C10H14N6O2/c1-10(2,3)5-9(18)16-8(14-13-5)4(7(12)17)6(11)15-16/h15H,11H2,1-3H3,(H2,12,17). The Labute approximate surface area is 102 Å². The topological polar surface area (TPSA) is 132 Å². The molecule has 18 heavy (non-hydrogen) atoms. The predicted molar refractivity (Wildman–Crippen MR) is 65.2 cm³/mol. The molecule has 2 heterocycles. The number of H-pyrrole nitrogens is 1.